The van der Waals surface area contributed by atoms with Crippen LogP contribution >= 0.6 is 11.8 Å². The van der Waals surface area contributed by atoms with Crippen LogP contribution in [0.3, 0.4) is 0 Å². The number of nitrogens with one attached hydrogen (secondary N) is 1. The van der Waals surface area contributed by atoms with Gasteiger partial charge in [-0.05, 0) is 24.3 Å². The summed E-state index contributed by atoms with van der Waals surface area (Å²) >= 11 is 1.65. The Kier molecular flexibility index (Phi) is 8.89. The van der Waals surface area contributed by atoms with Gasteiger partial charge in [0.25, 0.3) is 0 Å². The largest absolute Gasteiger partial charge is 0.490 e. The van der Waals surface area contributed by atoms with Gasteiger partial charge in [0.05, 0.1) is 12.2 Å². The van der Waals surface area contributed by atoms with Crippen molar-refractivity contribution in [3.63, 3.8) is 0 Å². The molecule has 0 unspecified atom stereocenters. The van der Waals surface area contributed by atoms with Crippen LogP contribution in [0.1, 0.15) is 18.9 Å². The monoisotopic (exact) mass is 312 g/mol. The minimum absolute atomic E-state index is 0.0302. The maximum atomic E-state index is 7.73. The van der Waals surface area contributed by atoms with Crippen LogP contribution in [-0.2, 0) is 9.47 Å². The third-order valence-corrected chi connectivity index (χ3v) is 3.62. The molecular formula is C15H24N2O3S. The standard InChI is InChI=1S/C15H24N2O3S/c1-3-21-13-7-4-6-12(14(13)15(16)17)20-11-10-19-9-5-8-18-2/h4,6-7H,3,5,8-11H2,1-2H3,(H3,16,17). The summed E-state index contributed by atoms with van der Waals surface area (Å²) in [5.41, 5.74) is 6.35. The van der Waals surface area contributed by atoms with Crippen LogP contribution in [0, 0.1) is 5.41 Å². The highest BCUT2D eigenvalue weighted by molar-refractivity contribution is 7.99. The smallest absolute Gasteiger partial charge is 0.131 e. The molecule has 0 aliphatic heterocycles. The molecule has 1 rings (SSSR count). The lowest BCUT2D eigenvalue weighted by Gasteiger charge is -2.14. The molecule has 0 amide bonds. The molecule has 0 saturated carbocycles. The number of hydrogen-bond donors (Lipinski definition) is 2. The predicted molar refractivity (Wildman–Crippen MR) is 86.7 cm³/mol. The summed E-state index contributed by atoms with van der Waals surface area (Å²) in [7, 11) is 1.67. The van der Waals surface area contributed by atoms with Crippen molar-refractivity contribution in [1.29, 1.82) is 5.41 Å². The van der Waals surface area contributed by atoms with Crippen molar-refractivity contribution in [1.82, 2.24) is 0 Å². The maximum absolute atomic E-state index is 7.73. The van der Waals surface area contributed by atoms with E-state index in [1.54, 1.807) is 18.9 Å². The van der Waals surface area contributed by atoms with Crippen molar-refractivity contribution in [2.45, 2.75) is 18.2 Å². The lowest BCUT2D eigenvalue weighted by atomic mass is 10.2. The minimum atomic E-state index is 0.0302. The van der Waals surface area contributed by atoms with Gasteiger partial charge in [-0.2, -0.15) is 0 Å². The van der Waals surface area contributed by atoms with Gasteiger partial charge in [-0.25, -0.2) is 0 Å². The predicted octanol–water partition coefficient (Wildman–Crippen LogP) is 2.51. The Balaban J connectivity index is 2.50. The lowest BCUT2D eigenvalue weighted by Crippen LogP contribution is -2.16. The molecule has 1 aromatic rings. The molecule has 0 bridgehead atoms. The fraction of sp³-hybridized carbons (Fsp3) is 0.533. The van der Waals surface area contributed by atoms with Crippen molar-refractivity contribution in [2.75, 3.05) is 39.3 Å². The van der Waals surface area contributed by atoms with E-state index >= 15 is 0 Å². The first-order valence-electron chi connectivity index (χ1n) is 7.00. The Morgan fingerprint density at radius 3 is 2.71 bits per heavy atom. The van der Waals surface area contributed by atoms with Gasteiger partial charge < -0.3 is 19.9 Å². The van der Waals surface area contributed by atoms with Crippen molar-refractivity contribution in [3.05, 3.63) is 23.8 Å². The van der Waals surface area contributed by atoms with Crippen LogP contribution < -0.4 is 10.5 Å². The van der Waals surface area contributed by atoms with E-state index in [4.69, 9.17) is 25.4 Å². The Morgan fingerprint density at radius 2 is 2.05 bits per heavy atom. The van der Waals surface area contributed by atoms with Crippen molar-refractivity contribution in [2.24, 2.45) is 5.73 Å². The van der Waals surface area contributed by atoms with E-state index in [0.29, 0.717) is 37.7 Å². The molecule has 6 heteroatoms. The molecule has 0 aromatic heterocycles. The Labute approximate surface area is 130 Å². The molecule has 21 heavy (non-hydrogen) atoms. The van der Waals surface area contributed by atoms with Crippen LogP contribution in [0.4, 0.5) is 0 Å². The molecule has 0 spiro atoms. The molecule has 0 saturated heterocycles. The number of benzene rings is 1. The second-order valence-corrected chi connectivity index (χ2v) is 5.59. The number of hydrogen-bond acceptors (Lipinski definition) is 5. The summed E-state index contributed by atoms with van der Waals surface area (Å²) in [4.78, 5) is 0.975. The molecule has 1 aromatic carbocycles. The second kappa shape index (κ2) is 10.5. The van der Waals surface area contributed by atoms with Gasteiger partial charge in [0, 0.05) is 25.2 Å². The Hall–Kier alpha value is -1.24. The van der Waals surface area contributed by atoms with Crippen molar-refractivity contribution < 1.29 is 14.2 Å². The number of ether oxygens (including phenoxy) is 3. The Morgan fingerprint density at radius 1 is 1.24 bits per heavy atom. The first kappa shape index (κ1) is 17.8. The first-order valence-corrected chi connectivity index (χ1v) is 7.99. The molecular weight excluding hydrogens is 288 g/mol. The van der Waals surface area contributed by atoms with Crippen LogP contribution in [0.15, 0.2) is 23.1 Å². The fourth-order valence-corrected chi connectivity index (χ4v) is 2.63. The lowest BCUT2D eigenvalue weighted by molar-refractivity contribution is 0.0805. The quantitative estimate of drug-likeness (QED) is 0.284. The summed E-state index contributed by atoms with van der Waals surface area (Å²) in [5, 5.41) is 7.73. The molecule has 118 valence electrons. The second-order valence-electron chi connectivity index (χ2n) is 4.28. The zero-order valence-corrected chi connectivity index (χ0v) is 13.5. The molecule has 0 radical (unpaired) electrons. The van der Waals surface area contributed by atoms with Gasteiger partial charge in [0.15, 0.2) is 0 Å². The molecule has 0 aliphatic carbocycles. The topological polar surface area (TPSA) is 77.6 Å². The first-order chi connectivity index (χ1) is 10.2. The third-order valence-electron chi connectivity index (χ3n) is 2.68. The number of nitrogens with two attached hydrogens (primary N) is 1. The highest BCUT2D eigenvalue weighted by Crippen LogP contribution is 2.29. The number of nitrogen functional groups attached to an aromatic ring is 1. The van der Waals surface area contributed by atoms with Gasteiger partial charge in [-0.15, -0.1) is 11.8 Å². The number of amidine groups is 1. The summed E-state index contributed by atoms with van der Waals surface area (Å²) in [6.45, 7) is 4.36. The van der Waals surface area contributed by atoms with E-state index in [2.05, 4.69) is 6.92 Å². The maximum Gasteiger partial charge on any atom is 0.131 e. The van der Waals surface area contributed by atoms with Crippen molar-refractivity contribution >= 4 is 17.6 Å². The number of thioether (sulfide) groups is 1. The van der Waals surface area contributed by atoms with Crippen LogP contribution in [0.25, 0.3) is 0 Å². The molecule has 5 nitrogen and oxygen atoms in total. The normalized spacial score (nSPS) is 10.6. The van der Waals surface area contributed by atoms with Gasteiger partial charge >= 0.3 is 0 Å². The molecule has 0 aliphatic rings. The fourth-order valence-electron chi connectivity index (χ4n) is 1.79. The zero-order valence-electron chi connectivity index (χ0n) is 12.7. The zero-order chi connectivity index (χ0) is 15.5. The average Bonchev–Trinajstić information content (AvgIpc) is 2.46. The highest BCUT2D eigenvalue weighted by atomic mass is 32.2. The molecule has 0 heterocycles. The molecule has 0 fully saturated rings. The minimum Gasteiger partial charge on any atom is -0.490 e. The number of methoxy groups -OCH3 is 1. The Bertz CT molecular complexity index is 441. The van der Waals surface area contributed by atoms with E-state index in [9.17, 15) is 0 Å². The van der Waals surface area contributed by atoms with E-state index in [1.807, 2.05) is 18.2 Å². The van der Waals surface area contributed by atoms with E-state index in [0.717, 1.165) is 17.1 Å². The van der Waals surface area contributed by atoms with E-state index < -0.39 is 0 Å². The molecule has 0 atom stereocenters. The van der Waals surface area contributed by atoms with Crippen LogP contribution in [0.5, 0.6) is 5.75 Å². The van der Waals surface area contributed by atoms with Crippen molar-refractivity contribution in [3.8, 4) is 5.75 Å². The summed E-state index contributed by atoms with van der Waals surface area (Å²) < 4.78 is 16.1. The van der Waals surface area contributed by atoms with E-state index in [1.165, 1.54) is 0 Å². The number of rotatable bonds is 11. The van der Waals surface area contributed by atoms with E-state index in [-0.39, 0.29) is 5.84 Å². The third kappa shape index (κ3) is 6.37. The highest BCUT2D eigenvalue weighted by Gasteiger charge is 2.12. The summed E-state index contributed by atoms with van der Waals surface area (Å²) in [6, 6.07) is 5.71. The van der Waals surface area contributed by atoms with Gasteiger partial charge in [-0.3, -0.25) is 5.41 Å². The average molecular weight is 312 g/mol. The van der Waals surface area contributed by atoms with Gasteiger partial charge in [0.2, 0.25) is 0 Å². The summed E-state index contributed by atoms with van der Waals surface area (Å²) in [5.74, 6) is 1.59. The SMILES string of the molecule is CCSc1cccc(OCCOCCCOC)c1C(=N)N. The summed E-state index contributed by atoms with van der Waals surface area (Å²) in [6.07, 6.45) is 0.873. The van der Waals surface area contributed by atoms with Crippen LogP contribution in [0.2, 0.25) is 0 Å². The van der Waals surface area contributed by atoms with Gasteiger partial charge in [0.1, 0.15) is 18.2 Å². The van der Waals surface area contributed by atoms with Crippen LogP contribution in [-0.4, -0.2) is 45.1 Å². The van der Waals surface area contributed by atoms with Gasteiger partial charge in [-0.1, -0.05) is 13.0 Å². The molecule has 3 N–H and O–H groups in total.